The quantitative estimate of drug-likeness (QED) is 0.443. The highest BCUT2D eigenvalue weighted by atomic mass is 32.2. The van der Waals surface area contributed by atoms with Crippen LogP contribution in [0, 0.1) is 11.8 Å². The van der Waals surface area contributed by atoms with Crippen LogP contribution in [0.4, 0.5) is 0 Å². The lowest BCUT2D eigenvalue weighted by Gasteiger charge is -2.24. The van der Waals surface area contributed by atoms with Crippen molar-refractivity contribution in [3.05, 3.63) is 12.2 Å². The van der Waals surface area contributed by atoms with Crippen molar-refractivity contribution in [1.82, 2.24) is 10.0 Å². The first-order valence-corrected chi connectivity index (χ1v) is 7.80. The Kier molecular flexibility index (Phi) is 5.49. The van der Waals surface area contributed by atoms with Crippen molar-refractivity contribution in [1.29, 1.82) is 0 Å². The van der Waals surface area contributed by atoms with Gasteiger partial charge in [-0.3, -0.25) is 9.59 Å². The number of carbonyl (C=O) groups is 2. The Morgan fingerprint density at radius 2 is 1.79 bits per heavy atom. The minimum absolute atomic E-state index is 0.0882. The summed E-state index contributed by atoms with van der Waals surface area (Å²) in [7, 11) is -3.28. The normalized spacial score (nSPS) is 23.0. The lowest BCUT2D eigenvalue weighted by Crippen LogP contribution is -2.41. The number of carboxylic acid groups (broad SMARTS) is 1. The maximum absolute atomic E-state index is 11.9. The Morgan fingerprint density at radius 1 is 1.21 bits per heavy atom. The highest BCUT2D eigenvalue weighted by molar-refractivity contribution is 7.88. The van der Waals surface area contributed by atoms with E-state index in [0.717, 1.165) is 6.26 Å². The standard InChI is InChI=1S/C11H18N2O5S/c1-19(17,18)13-7-6-12-10(14)8-4-2-3-5-9(8)11(15)16/h2-3,8-9,13H,4-7H2,1H3,(H,12,14)(H,15,16). The molecule has 0 radical (unpaired) electrons. The van der Waals surface area contributed by atoms with Crippen molar-refractivity contribution in [2.24, 2.45) is 11.8 Å². The van der Waals surface area contributed by atoms with Gasteiger partial charge >= 0.3 is 5.97 Å². The van der Waals surface area contributed by atoms with Crippen LogP contribution in [-0.4, -0.2) is 44.7 Å². The van der Waals surface area contributed by atoms with Crippen LogP contribution in [-0.2, 0) is 19.6 Å². The fourth-order valence-corrected chi connectivity index (χ4v) is 2.40. The average Bonchev–Trinajstić information content (AvgIpc) is 2.33. The summed E-state index contributed by atoms with van der Waals surface area (Å²) in [5.74, 6) is -2.65. The van der Waals surface area contributed by atoms with E-state index in [2.05, 4.69) is 10.0 Å². The number of carbonyl (C=O) groups excluding carboxylic acids is 1. The first-order valence-electron chi connectivity index (χ1n) is 5.91. The second-order valence-corrected chi connectivity index (χ2v) is 6.28. The van der Waals surface area contributed by atoms with Gasteiger partial charge in [-0.25, -0.2) is 13.1 Å². The zero-order valence-corrected chi connectivity index (χ0v) is 11.4. The van der Waals surface area contributed by atoms with Gasteiger partial charge in [0.15, 0.2) is 0 Å². The molecule has 1 aliphatic rings. The van der Waals surface area contributed by atoms with Crippen molar-refractivity contribution in [2.45, 2.75) is 12.8 Å². The number of sulfonamides is 1. The zero-order valence-electron chi connectivity index (χ0n) is 10.6. The predicted molar refractivity (Wildman–Crippen MR) is 68.8 cm³/mol. The van der Waals surface area contributed by atoms with E-state index in [4.69, 9.17) is 5.11 Å². The van der Waals surface area contributed by atoms with Gasteiger partial charge < -0.3 is 10.4 Å². The first-order chi connectivity index (χ1) is 8.81. The van der Waals surface area contributed by atoms with Gasteiger partial charge in [-0.05, 0) is 12.8 Å². The molecule has 108 valence electrons. The third-order valence-corrected chi connectivity index (χ3v) is 3.60. The summed E-state index contributed by atoms with van der Waals surface area (Å²) in [6, 6.07) is 0. The molecule has 8 heteroatoms. The van der Waals surface area contributed by atoms with Crippen molar-refractivity contribution in [3.8, 4) is 0 Å². The second kappa shape index (κ2) is 6.67. The lowest BCUT2D eigenvalue weighted by atomic mass is 9.82. The molecule has 0 aromatic heterocycles. The van der Waals surface area contributed by atoms with Gasteiger partial charge in [-0.2, -0.15) is 0 Å². The summed E-state index contributed by atoms with van der Waals surface area (Å²) in [6.45, 7) is 0.226. The maximum Gasteiger partial charge on any atom is 0.307 e. The van der Waals surface area contributed by atoms with Crippen LogP contribution >= 0.6 is 0 Å². The molecule has 0 fully saturated rings. The van der Waals surface area contributed by atoms with Crippen molar-refractivity contribution >= 4 is 21.9 Å². The van der Waals surface area contributed by atoms with E-state index in [0.29, 0.717) is 12.8 Å². The number of hydrogen-bond acceptors (Lipinski definition) is 4. The first kappa shape index (κ1) is 15.6. The van der Waals surface area contributed by atoms with Gasteiger partial charge in [0, 0.05) is 13.1 Å². The molecule has 0 heterocycles. The Balaban J connectivity index is 2.44. The molecule has 2 unspecified atom stereocenters. The number of carboxylic acids is 1. The van der Waals surface area contributed by atoms with Gasteiger partial charge in [-0.15, -0.1) is 0 Å². The highest BCUT2D eigenvalue weighted by Crippen LogP contribution is 2.25. The van der Waals surface area contributed by atoms with Gasteiger partial charge in [0.2, 0.25) is 15.9 Å². The molecule has 1 amide bonds. The van der Waals surface area contributed by atoms with Gasteiger partial charge in [0.05, 0.1) is 18.1 Å². The number of hydrogen-bond donors (Lipinski definition) is 3. The molecule has 2 atom stereocenters. The summed E-state index contributed by atoms with van der Waals surface area (Å²) in [6.07, 6.45) is 5.31. The summed E-state index contributed by atoms with van der Waals surface area (Å²) < 4.78 is 23.9. The molecule has 3 N–H and O–H groups in total. The molecule has 0 saturated heterocycles. The van der Waals surface area contributed by atoms with Crippen LogP contribution in [0.15, 0.2) is 12.2 Å². The van der Waals surface area contributed by atoms with Crippen molar-refractivity contribution < 1.29 is 23.1 Å². The van der Waals surface area contributed by atoms with Gasteiger partial charge in [0.25, 0.3) is 0 Å². The summed E-state index contributed by atoms with van der Waals surface area (Å²) in [5, 5.41) is 11.6. The molecule has 0 saturated carbocycles. The number of allylic oxidation sites excluding steroid dienone is 2. The SMILES string of the molecule is CS(=O)(=O)NCCNC(=O)C1CC=CCC1C(=O)O. The van der Waals surface area contributed by atoms with E-state index < -0.39 is 27.8 Å². The largest absolute Gasteiger partial charge is 0.481 e. The minimum atomic E-state index is -3.28. The lowest BCUT2D eigenvalue weighted by molar-refractivity contribution is -0.147. The Morgan fingerprint density at radius 3 is 2.32 bits per heavy atom. The van der Waals surface area contributed by atoms with Gasteiger partial charge in [-0.1, -0.05) is 12.2 Å². The van der Waals surface area contributed by atoms with E-state index in [-0.39, 0.29) is 19.0 Å². The highest BCUT2D eigenvalue weighted by Gasteiger charge is 2.33. The molecule has 0 bridgehead atoms. The molecule has 0 aromatic rings. The molecule has 1 aliphatic carbocycles. The number of amides is 1. The van der Waals surface area contributed by atoms with E-state index in [9.17, 15) is 18.0 Å². The van der Waals surface area contributed by atoms with Crippen LogP contribution in [0.1, 0.15) is 12.8 Å². The Labute approximate surface area is 112 Å². The average molecular weight is 290 g/mol. The molecule has 0 aromatic carbocycles. The van der Waals surface area contributed by atoms with E-state index in [1.165, 1.54) is 0 Å². The van der Waals surface area contributed by atoms with Crippen molar-refractivity contribution in [2.75, 3.05) is 19.3 Å². The van der Waals surface area contributed by atoms with Crippen molar-refractivity contribution in [3.63, 3.8) is 0 Å². The zero-order chi connectivity index (χ0) is 14.5. The molecular weight excluding hydrogens is 272 g/mol. The minimum Gasteiger partial charge on any atom is -0.481 e. The molecule has 19 heavy (non-hydrogen) atoms. The van der Waals surface area contributed by atoms with Crippen LogP contribution in [0.3, 0.4) is 0 Å². The third-order valence-electron chi connectivity index (χ3n) is 2.87. The van der Waals surface area contributed by atoms with Gasteiger partial charge in [0.1, 0.15) is 0 Å². The fraction of sp³-hybridized carbons (Fsp3) is 0.636. The number of rotatable bonds is 6. The van der Waals surface area contributed by atoms with Crippen LogP contribution in [0.5, 0.6) is 0 Å². The van der Waals surface area contributed by atoms with Crippen LogP contribution in [0.2, 0.25) is 0 Å². The smallest absolute Gasteiger partial charge is 0.307 e. The topological polar surface area (TPSA) is 113 Å². The Bertz CT molecular complexity index is 471. The predicted octanol–water partition coefficient (Wildman–Crippen LogP) is -0.681. The van der Waals surface area contributed by atoms with E-state index in [1.54, 1.807) is 12.2 Å². The van der Waals surface area contributed by atoms with E-state index >= 15 is 0 Å². The molecule has 7 nitrogen and oxygen atoms in total. The second-order valence-electron chi connectivity index (χ2n) is 4.45. The van der Waals surface area contributed by atoms with Crippen LogP contribution in [0.25, 0.3) is 0 Å². The maximum atomic E-state index is 11.9. The molecule has 1 rings (SSSR count). The summed E-state index contributed by atoms with van der Waals surface area (Å²) in [4.78, 5) is 22.9. The molecular formula is C11H18N2O5S. The number of nitrogens with one attached hydrogen (secondary N) is 2. The summed E-state index contributed by atoms with van der Waals surface area (Å²) >= 11 is 0. The molecule has 0 spiro atoms. The van der Waals surface area contributed by atoms with Crippen LogP contribution < -0.4 is 10.0 Å². The molecule has 0 aliphatic heterocycles. The monoisotopic (exact) mass is 290 g/mol. The third kappa shape index (κ3) is 5.39. The Hall–Kier alpha value is -1.41. The van der Waals surface area contributed by atoms with E-state index in [1.807, 2.05) is 0 Å². The number of aliphatic carboxylic acids is 1. The summed E-state index contributed by atoms with van der Waals surface area (Å²) in [5.41, 5.74) is 0. The fourth-order valence-electron chi connectivity index (χ4n) is 1.93.